The van der Waals surface area contributed by atoms with Crippen molar-refractivity contribution in [1.82, 2.24) is 0 Å². The van der Waals surface area contributed by atoms with Crippen LogP contribution < -0.4 is 10.5 Å². The van der Waals surface area contributed by atoms with Crippen molar-refractivity contribution in [1.29, 1.82) is 0 Å². The normalized spacial score (nSPS) is 10.3. The average Bonchev–Trinajstić information content (AvgIpc) is 2.46. The summed E-state index contributed by atoms with van der Waals surface area (Å²) in [5.41, 5.74) is 7.49. The molecule has 21 heavy (non-hydrogen) atoms. The summed E-state index contributed by atoms with van der Waals surface area (Å²) >= 11 is 3.21. The number of nitro groups is 1. The largest absolute Gasteiger partial charge is 0.487 e. The zero-order valence-electron chi connectivity index (χ0n) is 11.3. The van der Waals surface area contributed by atoms with Crippen molar-refractivity contribution in [2.75, 3.05) is 12.3 Å². The second-order valence-corrected chi connectivity index (χ2v) is 5.48. The number of halogens is 1. The number of rotatable bonds is 6. The predicted molar refractivity (Wildman–Crippen MR) is 85.5 cm³/mol. The minimum absolute atomic E-state index is 0.0307. The van der Waals surface area contributed by atoms with Crippen molar-refractivity contribution < 1.29 is 9.66 Å². The van der Waals surface area contributed by atoms with Crippen LogP contribution >= 0.6 is 15.9 Å². The van der Waals surface area contributed by atoms with E-state index in [0.29, 0.717) is 16.8 Å². The van der Waals surface area contributed by atoms with Crippen LogP contribution in [0.2, 0.25) is 0 Å². The highest BCUT2D eigenvalue weighted by atomic mass is 79.9. The highest BCUT2D eigenvalue weighted by molar-refractivity contribution is 9.10. The number of aryl methyl sites for hydroxylation is 1. The Morgan fingerprint density at radius 1 is 1.19 bits per heavy atom. The van der Waals surface area contributed by atoms with Crippen LogP contribution in [0.25, 0.3) is 0 Å². The van der Waals surface area contributed by atoms with Crippen LogP contribution in [0.5, 0.6) is 5.75 Å². The van der Waals surface area contributed by atoms with Crippen LogP contribution in [0.4, 0.5) is 11.4 Å². The zero-order chi connectivity index (χ0) is 15.2. The lowest BCUT2D eigenvalue weighted by molar-refractivity contribution is -0.385. The van der Waals surface area contributed by atoms with Gasteiger partial charge in [-0.05, 0) is 42.7 Å². The molecule has 0 unspecified atom stereocenters. The van der Waals surface area contributed by atoms with Crippen molar-refractivity contribution >= 4 is 27.3 Å². The molecule has 0 aromatic heterocycles. The molecule has 0 aliphatic heterocycles. The van der Waals surface area contributed by atoms with Crippen LogP contribution in [-0.4, -0.2) is 11.5 Å². The maximum absolute atomic E-state index is 11.0. The molecule has 0 saturated carbocycles. The molecular weight excluding hydrogens is 336 g/mol. The van der Waals surface area contributed by atoms with E-state index in [1.807, 2.05) is 24.3 Å². The highest BCUT2D eigenvalue weighted by Gasteiger charge is 2.15. The van der Waals surface area contributed by atoms with Crippen molar-refractivity contribution in [3.63, 3.8) is 0 Å². The Morgan fingerprint density at radius 3 is 2.57 bits per heavy atom. The van der Waals surface area contributed by atoms with Crippen LogP contribution in [0.3, 0.4) is 0 Å². The lowest BCUT2D eigenvalue weighted by Crippen LogP contribution is -2.02. The highest BCUT2D eigenvalue weighted by Crippen LogP contribution is 2.30. The molecule has 0 heterocycles. The molecule has 0 saturated heterocycles. The van der Waals surface area contributed by atoms with Crippen LogP contribution in [-0.2, 0) is 6.42 Å². The molecule has 6 heteroatoms. The Labute approximate surface area is 131 Å². The fourth-order valence-electron chi connectivity index (χ4n) is 1.90. The minimum Gasteiger partial charge on any atom is -0.487 e. The molecule has 0 radical (unpaired) electrons. The Morgan fingerprint density at radius 2 is 1.90 bits per heavy atom. The first-order chi connectivity index (χ1) is 10.1. The number of hydrogen-bond acceptors (Lipinski definition) is 4. The lowest BCUT2D eigenvalue weighted by atomic mass is 10.1. The number of benzene rings is 2. The van der Waals surface area contributed by atoms with E-state index in [4.69, 9.17) is 10.5 Å². The van der Waals surface area contributed by atoms with Crippen molar-refractivity contribution in [2.45, 2.75) is 12.8 Å². The van der Waals surface area contributed by atoms with Crippen molar-refractivity contribution in [3.8, 4) is 5.75 Å². The second kappa shape index (κ2) is 7.08. The fourth-order valence-corrected chi connectivity index (χ4v) is 2.25. The molecule has 0 aliphatic carbocycles. The molecule has 2 aromatic rings. The maximum atomic E-state index is 11.0. The Kier molecular flexibility index (Phi) is 5.16. The summed E-state index contributed by atoms with van der Waals surface area (Å²) in [4.78, 5) is 10.5. The topological polar surface area (TPSA) is 78.4 Å². The first kappa shape index (κ1) is 15.3. The van der Waals surface area contributed by atoms with E-state index in [9.17, 15) is 10.1 Å². The predicted octanol–water partition coefficient (Wildman–Crippen LogP) is 3.95. The van der Waals surface area contributed by atoms with Crippen molar-refractivity contribution in [3.05, 3.63) is 62.6 Å². The van der Waals surface area contributed by atoms with Gasteiger partial charge in [0.15, 0.2) is 5.75 Å². The third kappa shape index (κ3) is 4.46. The third-order valence-electron chi connectivity index (χ3n) is 2.96. The number of hydrogen-bond donors (Lipinski definition) is 1. The SMILES string of the molecule is Nc1ccc(CCCOc2ccc(Br)cc2[N+](=O)[O-])cc1. The molecule has 2 rings (SSSR count). The summed E-state index contributed by atoms with van der Waals surface area (Å²) in [5, 5.41) is 11.0. The standard InChI is InChI=1S/C15H15BrN2O3/c16-12-5-8-15(14(10-12)18(19)20)21-9-1-2-11-3-6-13(17)7-4-11/h3-8,10H,1-2,9,17H2. The number of nitro benzene ring substituents is 1. The molecular formula is C15H15BrN2O3. The number of nitrogen functional groups attached to an aromatic ring is 1. The van der Waals surface area contributed by atoms with E-state index >= 15 is 0 Å². The number of nitrogens with two attached hydrogens (primary N) is 1. The lowest BCUT2D eigenvalue weighted by Gasteiger charge is -2.07. The molecule has 0 aliphatic rings. The van der Waals surface area contributed by atoms with Gasteiger partial charge in [-0.2, -0.15) is 0 Å². The van der Waals surface area contributed by atoms with E-state index in [-0.39, 0.29) is 5.69 Å². The molecule has 110 valence electrons. The van der Waals surface area contributed by atoms with Gasteiger partial charge in [0.25, 0.3) is 0 Å². The molecule has 0 bridgehead atoms. The molecule has 2 N–H and O–H groups in total. The van der Waals surface area contributed by atoms with E-state index in [1.165, 1.54) is 6.07 Å². The molecule has 0 atom stereocenters. The Balaban J connectivity index is 1.89. The summed E-state index contributed by atoms with van der Waals surface area (Å²) in [7, 11) is 0. The first-order valence-corrected chi connectivity index (χ1v) is 7.27. The molecule has 0 spiro atoms. The summed E-state index contributed by atoms with van der Waals surface area (Å²) in [6.07, 6.45) is 1.61. The maximum Gasteiger partial charge on any atom is 0.312 e. The van der Waals surface area contributed by atoms with E-state index in [0.717, 1.165) is 24.1 Å². The molecule has 5 nitrogen and oxygen atoms in total. The number of ether oxygens (including phenoxy) is 1. The van der Waals surface area contributed by atoms with Gasteiger partial charge in [0.1, 0.15) is 0 Å². The van der Waals surface area contributed by atoms with Crippen molar-refractivity contribution in [2.24, 2.45) is 0 Å². The first-order valence-electron chi connectivity index (χ1n) is 6.47. The average molecular weight is 351 g/mol. The van der Waals surface area contributed by atoms with Gasteiger partial charge in [0, 0.05) is 16.2 Å². The van der Waals surface area contributed by atoms with Gasteiger partial charge < -0.3 is 10.5 Å². The summed E-state index contributed by atoms with van der Waals surface area (Å²) < 4.78 is 6.17. The van der Waals surface area contributed by atoms with Crippen LogP contribution in [0.1, 0.15) is 12.0 Å². The number of nitrogens with zero attached hydrogens (tertiary/aromatic N) is 1. The molecule has 0 fully saturated rings. The van der Waals surface area contributed by atoms with Gasteiger partial charge in [-0.3, -0.25) is 10.1 Å². The van der Waals surface area contributed by atoms with Gasteiger partial charge in [-0.15, -0.1) is 0 Å². The molecule has 2 aromatic carbocycles. The van der Waals surface area contributed by atoms with Gasteiger partial charge >= 0.3 is 5.69 Å². The smallest absolute Gasteiger partial charge is 0.312 e. The summed E-state index contributed by atoms with van der Waals surface area (Å²) in [5.74, 6) is 0.292. The van der Waals surface area contributed by atoms with Gasteiger partial charge in [0.05, 0.1) is 11.5 Å². The third-order valence-corrected chi connectivity index (χ3v) is 3.46. The summed E-state index contributed by atoms with van der Waals surface area (Å²) in [6.45, 7) is 0.423. The quantitative estimate of drug-likeness (QED) is 0.370. The van der Waals surface area contributed by atoms with Gasteiger partial charge in [-0.25, -0.2) is 0 Å². The van der Waals surface area contributed by atoms with E-state index in [2.05, 4.69) is 15.9 Å². The Bertz CT molecular complexity index is 629. The van der Waals surface area contributed by atoms with Crippen LogP contribution in [0, 0.1) is 10.1 Å². The van der Waals surface area contributed by atoms with E-state index < -0.39 is 4.92 Å². The van der Waals surface area contributed by atoms with Crippen LogP contribution in [0.15, 0.2) is 46.9 Å². The minimum atomic E-state index is -0.444. The van der Waals surface area contributed by atoms with Gasteiger partial charge in [0.2, 0.25) is 0 Å². The second-order valence-electron chi connectivity index (χ2n) is 4.56. The van der Waals surface area contributed by atoms with E-state index in [1.54, 1.807) is 12.1 Å². The molecule has 0 amide bonds. The van der Waals surface area contributed by atoms with Gasteiger partial charge in [-0.1, -0.05) is 28.1 Å². The zero-order valence-corrected chi connectivity index (χ0v) is 12.9. The Hall–Kier alpha value is -2.08. The number of anilines is 1. The fraction of sp³-hybridized carbons (Fsp3) is 0.200. The monoisotopic (exact) mass is 350 g/mol. The summed E-state index contributed by atoms with van der Waals surface area (Å²) in [6, 6.07) is 12.4.